The maximum atomic E-state index is 6.09. The molecule has 0 fully saturated rings. The fourth-order valence-electron chi connectivity index (χ4n) is 2.75. The average molecular weight is 402 g/mol. The molecule has 0 bridgehead atoms. The number of ether oxygens (including phenoxy) is 1. The summed E-state index contributed by atoms with van der Waals surface area (Å²) in [5, 5.41) is 2.05. The zero-order valence-electron chi connectivity index (χ0n) is 17.5. The Morgan fingerprint density at radius 3 is 2.38 bits per heavy atom. The molecule has 0 amide bonds. The predicted molar refractivity (Wildman–Crippen MR) is 126 cm³/mol. The fraction of sp³-hybridized carbons (Fsp3) is 0.192. The number of rotatable bonds is 6. The van der Waals surface area contributed by atoms with Crippen LogP contribution in [0.3, 0.4) is 0 Å². The van der Waals surface area contributed by atoms with Gasteiger partial charge in [-0.25, -0.2) is 4.99 Å². The number of hydrogen-bond donors (Lipinski definition) is 0. The van der Waals surface area contributed by atoms with Gasteiger partial charge in [-0.2, -0.15) is 0 Å². The fourth-order valence-corrected chi connectivity index (χ4v) is 3.44. The topological polar surface area (TPSA) is 21.6 Å². The molecule has 0 saturated carbocycles. The monoisotopic (exact) mass is 401 g/mol. The first-order valence-electron chi connectivity index (χ1n) is 9.74. The highest BCUT2D eigenvalue weighted by Gasteiger charge is 2.02. The van der Waals surface area contributed by atoms with Crippen molar-refractivity contribution in [3.8, 4) is 5.75 Å². The summed E-state index contributed by atoms with van der Waals surface area (Å²) in [4.78, 5) is 4.74. The van der Waals surface area contributed by atoms with E-state index >= 15 is 0 Å². The van der Waals surface area contributed by atoms with Gasteiger partial charge in [-0.3, -0.25) is 0 Å². The number of hydrogen-bond acceptors (Lipinski definition) is 3. The Balaban J connectivity index is 1.76. The molecule has 0 saturated heterocycles. The molecule has 3 aromatic carbocycles. The lowest BCUT2D eigenvalue weighted by Crippen LogP contribution is -2.04. The molecule has 29 heavy (non-hydrogen) atoms. The van der Waals surface area contributed by atoms with E-state index in [-0.39, 0.29) is 0 Å². The summed E-state index contributed by atoms with van der Waals surface area (Å²) < 4.78 is 6.09. The van der Waals surface area contributed by atoms with Crippen LogP contribution in [0.25, 0.3) is 0 Å². The summed E-state index contributed by atoms with van der Waals surface area (Å²) in [6, 6.07) is 22.9. The summed E-state index contributed by atoms with van der Waals surface area (Å²) >= 11 is 1.73. The molecule has 0 atom stereocenters. The molecular formula is C26H27NOS. The second-order valence-electron chi connectivity index (χ2n) is 7.24. The molecule has 0 radical (unpaired) electrons. The first-order chi connectivity index (χ1) is 14.0. The van der Waals surface area contributed by atoms with E-state index in [2.05, 4.69) is 75.6 Å². The lowest BCUT2D eigenvalue weighted by Gasteiger charge is -2.08. The predicted octanol–water partition coefficient (Wildman–Crippen LogP) is 7.48. The summed E-state index contributed by atoms with van der Waals surface area (Å²) in [6.45, 7) is 8.37. The van der Waals surface area contributed by atoms with Crippen molar-refractivity contribution in [3.63, 3.8) is 0 Å². The first-order valence-corrected chi connectivity index (χ1v) is 10.8. The Bertz CT molecular complexity index is 1020. The summed E-state index contributed by atoms with van der Waals surface area (Å²) in [5.41, 5.74) is 7.11. The number of aliphatic imine (C=N–C) groups is 1. The van der Waals surface area contributed by atoms with Crippen molar-refractivity contribution < 1.29 is 4.74 Å². The van der Waals surface area contributed by atoms with Crippen LogP contribution in [-0.4, -0.2) is 5.90 Å². The van der Waals surface area contributed by atoms with Gasteiger partial charge in [-0.1, -0.05) is 48.0 Å². The van der Waals surface area contributed by atoms with E-state index in [1.807, 2.05) is 30.3 Å². The van der Waals surface area contributed by atoms with Gasteiger partial charge < -0.3 is 4.74 Å². The van der Waals surface area contributed by atoms with Gasteiger partial charge in [0, 0.05) is 11.8 Å². The van der Waals surface area contributed by atoms with Gasteiger partial charge in [-0.15, -0.1) is 11.8 Å². The van der Waals surface area contributed by atoms with Crippen LogP contribution in [0.15, 0.2) is 83.2 Å². The lowest BCUT2D eigenvalue weighted by molar-refractivity contribution is 0.555. The summed E-state index contributed by atoms with van der Waals surface area (Å²) in [7, 11) is 0. The van der Waals surface area contributed by atoms with E-state index in [0.29, 0.717) is 5.90 Å². The van der Waals surface area contributed by atoms with Crippen LogP contribution in [0.2, 0.25) is 0 Å². The minimum atomic E-state index is 0.579. The standard InChI is InChI=1S/C26H27NOS/c1-19-8-11-23(12-9-19)18-29-15-14-26(28-25-7-5-6-20(2)16-25)27-24-13-10-21(3)22(4)17-24/h5-17H,18H2,1-4H3. The maximum Gasteiger partial charge on any atom is 0.220 e. The molecule has 0 aromatic heterocycles. The van der Waals surface area contributed by atoms with Crippen molar-refractivity contribution in [2.24, 2.45) is 4.99 Å². The first kappa shape index (κ1) is 20.9. The summed E-state index contributed by atoms with van der Waals surface area (Å²) in [6.07, 6.45) is 1.94. The van der Waals surface area contributed by atoms with Crippen molar-refractivity contribution in [1.29, 1.82) is 0 Å². The molecule has 3 rings (SSSR count). The minimum absolute atomic E-state index is 0.579. The Kier molecular flexibility index (Phi) is 7.31. The molecule has 0 spiro atoms. The van der Waals surface area contributed by atoms with Crippen LogP contribution in [0.1, 0.15) is 27.8 Å². The molecule has 3 heteroatoms. The minimum Gasteiger partial charge on any atom is -0.439 e. The zero-order valence-corrected chi connectivity index (χ0v) is 18.3. The van der Waals surface area contributed by atoms with Crippen LogP contribution in [0, 0.1) is 27.7 Å². The van der Waals surface area contributed by atoms with Gasteiger partial charge in [0.15, 0.2) is 0 Å². The SMILES string of the molecule is Cc1ccc(CSC=CC(=Nc2ccc(C)c(C)c2)Oc2cccc(C)c2)cc1. The lowest BCUT2D eigenvalue weighted by atomic mass is 10.1. The maximum absolute atomic E-state index is 6.09. The zero-order chi connectivity index (χ0) is 20.6. The van der Waals surface area contributed by atoms with E-state index < -0.39 is 0 Å². The van der Waals surface area contributed by atoms with Crippen molar-refractivity contribution in [3.05, 3.63) is 106 Å². The van der Waals surface area contributed by atoms with Crippen molar-refractivity contribution in [2.45, 2.75) is 33.4 Å². The molecule has 0 N–H and O–H groups in total. The highest BCUT2D eigenvalue weighted by molar-refractivity contribution is 8.01. The number of nitrogens with zero attached hydrogens (tertiary/aromatic N) is 1. The van der Waals surface area contributed by atoms with E-state index in [0.717, 1.165) is 22.8 Å². The van der Waals surface area contributed by atoms with Gasteiger partial charge >= 0.3 is 0 Å². The Morgan fingerprint density at radius 1 is 0.862 bits per heavy atom. The third kappa shape index (κ3) is 6.65. The average Bonchev–Trinajstić information content (AvgIpc) is 2.69. The third-order valence-electron chi connectivity index (χ3n) is 4.62. The van der Waals surface area contributed by atoms with Gasteiger partial charge in [-0.05, 0) is 79.6 Å². The largest absolute Gasteiger partial charge is 0.439 e. The van der Waals surface area contributed by atoms with Crippen LogP contribution in [0.5, 0.6) is 5.75 Å². The molecule has 0 heterocycles. The number of thioether (sulfide) groups is 1. The van der Waals surface area contributed by atoms with Crippen LogP contribution in [-0.2, 0) is 5.75 Å². The molecule has 0 aliphatic carbocycles. The normalized spacial score (nSPS) is 11.8. The second-order valence-corrected chi connectivity index (χ2v) is 8.13. The van der Waals surface area contributed by atoms with E-state index in [1.54, 1.807) is 11.8 Å². The van der Waals surface area contributed by atoms with Gasteiger partial charge in [0.25, 0.3) is 0 Å². The number of benzene rings is 3. The van der Waals surface area contributed by atoms with E-state index in [4.69, 9.17) is 9.73 Å². The van der Waals surface area contributed by atoms with Gasteiger partial charge in [0.05, 0.1) is 5.69 Å². The highest BCUT2D eigenvalue weighted by Crippen LogP contribution is 2.20. The Morgan fingerprint density at radius 2 is 1.66 bits per heavy atom. The molecule has 0 aliphatic heterocycles. The molecule has 148 valence electrons. The smallest absolute Gasteiger partial charge is 0.220 e. The van der Waals surface area contributed by atoms with E-state index in [9.17, 15) is 0 Å². The molecule has 0 aliphatic rings. The molecule has 3 aromatic rings. The van der Waals surface area contributed by atoms with Crippen LogP contribution < -0.4 is 4.74 Å². The molecular weight excluding hydrogens is 374 g/mol. The van der Waals surface area contributed by atoms with Crippen molar-refractivity contribution >= 4 is 23.3 Å². The quantitative estimate of drug-likeness (QED) is 0.315. The second kappa shape index (κ2) is 10.1. The third-order valence-corrected chi connectivity index (χ3v) is 5.45. The van der Waals surface area contributed by atoms with E-state index in [1.165, 1.54) is 22.3 Å². The Labute approximate surface area is 178 Å². The van der Waals surface area contributed by atoms with Crippen LogP contribution in [0.4, 0.5) is 5.69 Å². The summed E-state index contributed by atoms with van der Waals surface area (Å²) in [5.74, 6) is 2.29. The van der Waals surface area contributed by atoms with Crippen molar-refractivity contribution in [1.82, 2.24) is 0 Å². The highest BCUT2D eigenvalue weighted by atomic mass is 32.2. The molecule has 0 unspecified atom stereocenters. The number of aryl methyl sites for hydroxylation is 4. The van der Waals surface area contributed by atoms with Gasteiger partial charge in [0.2, 0.25) is 5.90 Å². The van der Waals surface area contributed by atoms with Crippen LogP contribution >= 0.6 is 11.8 Å². The Hall–Kier alpha value is -2.78. The van der Waals surface area contributed by atoms with Gasteiger partial charge in [0.1, 0.15) is 5.75 Å². The van der Waals surface area contributed by atoms with Crippen molar-refractivity contribution in [2.75, 3.05) is 0 Å². The molecule has 2 nitrogen and oxygen atoms in total.